The molecule has 0 fully saturated rings. The van der Waals surface area contributed by atoms with E-state index in [0.29, 0.717) is 16.7 Å². The van der Waals surface area contributed by atoms with Crippen molar-refractivity contribution in [1.29, 1.82) is 0 Å². The summed E-state index contributed by atoms with van der Waals surface area (Å²) < 4.78 is 45.3. The number of benzene rings is 2. The molecule has 1 amide bonds. The number of rotatable bonds is 3. The molecule has 10 heteroatoms. The summed E-state index contributed by atoms with van der Waals surface area (Å²) in [5.74, 6) is -3.71. The minimum Gasteiger partial charge on any atom is -0.366 e. The van der Waals surface area contributed by atoms with Gasteiger partial charge >= 0.3 is 0 Å². The first-order valence-electron chi connectivity index (χ1n) is 9.21. The van der Waals surface area contributed by atoms with Gasteiger partial charge in [0, 0.05) is 21.5 Å². The van der Waals surface area contributed by atoms with Crippen LogP contribution >= 0.6 is 22.6 Å². The Hall–Kier alpha value is -3.54. The number of imidazole rings is 1. The Balaban J connectivity index is 1.87. The fraction of sp³-hybridized carbons (Fsp3) is 0. The highest BCUT2D eigenvalue weighted by Crippen LogP contribution is 2.33. The number of hydrogen-bond acceptors (Lipinski definition) is 4. The maximum Gasteiger partial charge on any atom is 0.250 e. The third kappa shape index (κ3) is 3.09. The average molecular weight is 545 g/mol. The van der Waals surface area contributed by atoms with Crippen molar-refractivity contribution >= 4 is 50.4 Å². The van der Waals surface area contributed by atoms with Gasteiger partial charge < -0.3 is 5.73 Å². The largest absolute Gasteiger partial charge is 0.366 e. The summed E-state index contributed by atoms with van der Waals surface area (Å²) in [6, 6.07) is 8.72. The molecule has 0 unspecified atom stereocenters. The molecule has 6 nitrogen and oxygen atoms in total. The second kappa shape index (κ2) is 7.55. The fourth-order valence-corrected chi connectivity index (χ4v) is 4.26. The minimum absolute atomic E-state index is 0.0151. The van der Waals surface area contributed by atoms with Gasteiger partial charge in [0.2, 0.25) is 5.95 Å². The molecule has 0 aliphatic carbocycles. The van der Waals surface area contributed by atoms with Crippen molar-refractivity contribution in [3.8, 4) is 16.8 Å². The molecular weight excluding hydrogens is 534 g/mol. The van der Waals surface area contributed by atoms with Crippen molar-refractivity contribution in [3.63, 3.8) is 0 Å². The molecule has 0 aliphatic rings. The number of halogens is 4. The number of nitrogens with zero attached hydrogens (tertiary/aromatic N) is 4. The molecule has 3 aromatic heterocycles. The summed E-state index contributed by atoms with van der Waals surface area (Å²) in [5.41, 5.74) is 7.12. The lowest BCUT2D eigenvalue weighted by Crippen LogP contribution is -2.12. The second-order valence-corrected chi connectivity index (χ2v) is 8.08. The number of pyridine rings is 2. The first-order valence-corrected chi connectivity index (χ1v) is 10.3. The maximum atomic E-state index is 14.8. The van der Waals surface area contributed by atoms with E-state index in [1.807, 2.05) is 0 Å². The Morgan fingerprint density at radius 1 is 0.969 bits per heavy atom. The van der Waals surface area contributed by atoms with Gasteiger partial charge in [-0.1, -0.05) is 0 Å². The van der Waals surface area contributed by atoms with Crippen LogP contribution in [0.15, 0.2) is 55.1 Å². The highest BCUT2D eigenvalue weighted by atomic mass is 127. The molecule has 158 valence electrons. The van der Waals surface area contributed by atoms with Crippen molar-refractivity contribution in [2.45, 2.75) is 0 Å². The summed E-state index contributed by atoms with van der Waals surface area (Å²) >= 11 is 2.06. The second-order valence-electron chi connectivity index (χ2n) is 6.92. The molecule has 5 aromatic rings. The van der Waals surface area contributed by atoms with Crippen molar-refractivity contribution in [1.82, 2.24) is 19.5 Å². The molecule has 0 spiro atoms. The normalized spacial score (nSPS) is 11.4. The smallest absolute Gasteiger partial charge is 0.250 e. The third-order valence-electron chi connectivity index (χ3n) is 5.10. The first-order chi connectivity index (χ1) is 15.4. The van der Waals surface area contributed by atoms with Crippen LogP contribution in [0.3, 0.4) is 0 Å². The zero-order valence-corrected chi connectivity index (χ0v) is 18.1. The molecule has 2 N–H and O–H groups in total. The minimum atomic E-state index is -1.27. The Labute approximate surface area is 192 Å². The summed E-state index contributed by atoms with van der Waals surface area (Å²) in [6.45, 7) is 0. The quantitative estimate of drug-likeness (QED) is 0.262. The molecule has 0 atom stereocenters. The SMILES string of the molecule is NC(=O)c1cc(-c2ccnc(F)c2F)cc2c1ncn2-c1ccnc2c(I)ccc(F)c12. The molecule has 0 aliphatic heterocycles. The van der Waals surface area contributed by atoms with Gasteiger partial charge in [-0.3, -0.25) is 14.3 Å². The van der Waals surface area contributed by atoms with Crippen LogP contribution in [0.5, 0.6) is 0 Å². The lowest BCUT2D eigenvalue weighted by Gasteiger charge is -2.12. The van der Waals surface area contributed by atoms with Crippen LogP contribution in [0.4, 0.5) is 13.2 Å². The molecule has 0 radical (unpaired) electrons. The summed E-state index contributed by atoms with van der Waals surface area (Å²) in [5, 5.41) is 0.255. The van der Waals surface area contributed by atoms with Crippen LogP contribution in [-0.4, -0.2) is 25.4 Å². The van der Waals surface area contributed by atoms with Gasteiger partial charge in [-0.2, -0.15) is 4.39 Å². The van der Waals surface area contributed by atoms with Crippen LogP contribution in [-0.2, 0) is 0 Å². The maximum absolute atomic E-state index is 14.8. The van der Waals surface area contributed by atoms with Gasteiger partial charge in [0.1, 0.15) is 17.7 Å². The van der Waals surface area contributed by atoms with Crippen LogP contribution in [0, 0.1) is 21.2 Å². The number of aromatic nitrogens is 4. The van der Waals surface area contributed by atoms with Gasteiger partial charge in [0.15, 0.2) is 5.82 Å². The number of primary amides is 1. The van der Waals surface area contributed by atoms with Crippen molar-refractivity contribution < 1.29 is 18.0 Å². The van der Waals surface area contributed by atoms with Gasteiger partial charge in [0.05, 0.1) is 27.7 Å². The Kier molecular flexibility index (Phi) is 4.81. The van der Waals surface area contributed by atoms with E-state index in [-0.39, 0.29) is 27.6 Å². The number of carbonyl (C=O) groups is 1. The third-order valence-corrected chi connectivity index (χ3v) is 5.97. The van der Waals surface area contributed by atoms with E-state index in [2.05, 4.69) is 37.5 Å². The van der Waals surface area contributed by atoms with Crippen LogP contribution in [0.25, 0.3) is 38.8 Å². The van der Waals surface area contributed by atoms with Gasteiger partial charge in [-0.05, 0) is 64.6 Å². The van der Waals surface area contributed by atoms with E-state index in [9.17, 15) is 18.0 Å². The predicted molar refractivity (Wildman–Crippen MR) is 121 cm³/mol. The predicted octanol–water partition coefficient (Wildman–Crippen LogP) is 4.76. The molecule has 32 heavy (non-hydrogen) atoms. The van der Waals surface area contributed by atoms with Crippen molar-refractivity contribution in [2.24, 2.45) is 5.73 Å². The molecule has 0 bridgehead atoms. The highest BCUT2D eigenvalue weighted by molar-refractivity contribution is 14.1. The van der Waals surface area contributed by atoms with E-state index >= 15 is 0 Å². The molecule has 3 heterocycles. The zero-order valence-electron chi connectivity index (χ0n) is 16.0. The van der Waals surface area contributed by atoms with E-state index in [4.69, 9.17) is 5.73 Å². The fourth-order valence-electron chi connectivity index (χ4n) is 3.67. The van der Waals surface area contributed by atoms with Crippen LogP contribution < -0.4 is 5.73 Å². The monoisotopic (exact) mass is 545 g/mol. The molecule has 0 saturated heterocycles. The van der Waals surface area contributed by atoms with Gasteiger partial charge in [-0.25, -0.2) is 18.7 Å². The van der Waals surface area contributed by atoms with E-state index in [1.54, 1.807) is 16.7 Å². The number of fused-ring (bicyclic) bond motifs is 2. The van der Waals surface area contributed by atoms with Crippen molar-refractivity contribution in [3.05, 3.63) is 81.8 Å². The standard InChI is InChI=1S/C22H11F3IN5O/c23-13-1-2-14(26)20-17(13)15(4-6-28-20)31-9-30-19-12(22(27)32)7-10(8-16(19)31)11-3-5-29-21(25)18(11)24/h1-9H,(H2,27,32). The summed E-state index contributed by atoms with van der Waals surface area (Å²) in [7, 11) is 0. The van der Waals surface area contributed by atoms with Gasteiger partial charge in [-0.15, -0.1) is 0 Å². The van der Waals surface area contributed by atoms with E-state index < -0.39 is 23.5 Å². The van der Waals surface area contributed by atoms with Crippen LogP contribution in [0.2, 0.25) is 0 Å². The molecule has 2 aromatic carbocycles. The lowest BCUT2D eigenvalue weighted by atomic mass is 10.0. The van der Waals surface area contributed by atoms with Crippen LogP contribution in [0.1, 0.15) is 10.4 Å². The number of amides is 1. The number of carbonyl (C=O) groups excluding carboxylic acids is 1. The Morgan fingerprint density at radius 3 is 2.53 bits per heavy atom. The Morgan fingerprint density at radius 2 is 1.75 bits per heavy atom. The molecule has 0 saturated carbocycles. The van der Waals surface area contributed by atoms with E-state index in [1.165, 1.54) is 36.8 Å². The average Bonchev–Trinajstić information content (AvgIpc) is 3.21. The molecule has 5 rings (SSSR count). The van der Waals surface area contributed by atoms with Gasteiger partial charge in [0.25, 0.3) is 5.91 Å². The lowest BCUT2D eigenvalue weighted by molar-refractivity contribution is 0.100. The van der Waals surface area contributed by atoms with Crippen molar-refractivity contribution in [2.75, 3.05) is 0 Å². The topological polar surface area (TPSA) is 86.7 Å². The zero-order chi connectivity index (χ0) is 22.6. The summed E-state index contributed by atoms with van der Waals surface area (Å²) in [4.78, 5) is 24.0. The Bertz CT molecular complexity index is 1570. The number of nitrogens with two attached hydrogens (primary N) is 1. The summed E-state index contributed by atoms with van der Waals surface area (Å²) in [6.07, 6.45) is 4.06. The van der Waals surface area contributed by atoms with E-state index in [0.717, 1.165) is 9.77 Å². The number of hydrogen-bond donors (Lipinski definition) is 1. The first kappa shape index (κ1) is 20.4. The molecular formula is C22H11F3IN5O. The highest BCUT2D eigenvalue weighted by Gasteiger charge is 2.20.